The molecule has 0 aliphatic rings. The fourth-order valence-electron chi connectivity index (χ4n) is 1.67. The number of pyridine rings is 1. The van der Waals surface area contributed by atoms with Gasteiger partial charge in [-0.3, -0.25) is 4.79 Å². The molecule has 1 heterocycles. The van der Waals surface area contributed by atoms with Crippen LogP contribution < -0.4 is 10.3 Å². The number of aliphatic hydroxyl groups excluding tert-OH is 1. The van der Waals surface area contributed by atoms with E-state index in [4.69, 9.17) is 9.84 Å². The molecule has 1 aromatic carbocycles. The van der Waals surface area contributed by atoms with E-state index < -0.39 is 0 Å². The summed E-state index contributed by atoms with van der Waals surface area (Å²) >= 11 is 0. The van der Waals surface area contributed by atoms with Crippen molar-refractivity contribution >= 4 is 0 Å². The van der Waals surface area contributed by atoms with Crippen molar-refractivity contribution in [2.75, 3.05) is 6.61 Å². The number of nitrogens with zero attached hydrogens (tertiary/aromatic N) is 1. The molecule has 0 aliphatic carbocycles. The van der Waals surface area contributed by atoms with Crippen LogP contribution in [0.2, 0.25) is 0 Å². The van der Waals surface area contributed by atoms with Gasteiger partial charge in [0.1, 0.15) is 12.4 Å². The fraction of sp³-hybridized carbons (Fsp3) is 0.214. The summed E-state index contributed by atoms with van der Waals surface area (Å²) in [4.78, 5) is 11.5. The molecule has 0 amide bonds. The Kier molecular flexibility index (Phi) is 4.15. The number of benzene rings is 1. The first-order chi connectivity index (χ1) is 8.81. The Bertz CT molecular complexity index is 563. The van der Waals surface area contributed by atoms with Crippen LogP contribution in [-0.4, -0.2) is 16.3 Å². The van der Waals surface area contributed by atoms with Crippen LogP contribution in [0.25, 0.3) is 0 Å². The van der Waals surface area contributed by atoms with E-state index in [2.05, 4.69) is 0 Å². The zero-order valence-corrected chi connectivity index (χ0v) is 9.95. The molecule has 0 spiro atoms. The minimum Gasteiger partial charge on any atom is -0.491 e. The number of rotatable bonds is 5. The summed E-state index contributed by atoms with van der Waals surface area (Å²) in [6.07, 6.45) is 1.73. The lowest BCUT2D eigenvalue weighted by molar-refractivity contribution is 0.257. The molecule has 2 aromatic rings. The van der Waals surface area contributed by atoms with Crippen LogP contribution in [0.5, 0.6) is 5.75 Å². The van der Waals surface area contributed by atoms with Crippen LogP contribution in [0.15, 0.2) is 53.5 Å². The van der Waals surface area contributed by atoms with E-state index in [-0.39, 0.29) is 12.2 Å². The maximum Gasteiger partial charge on any atom is 0.250 e. The first kappa shape index (κ1) is 12.4. The average molecular weight is 245 g/mol. The summed E-state index contributed by atoms with van der Waals surface area (Å²) in [6, 6.07) is 12.3. The highest BCUT2D eigenvalue weighted by Gasteiger charge is 2.01. The topological polar surface area (TPSA) is 51.5 Å². The fourth-order valence-corrected chi connectivity index (χ4v) is 1.67. The number of ether oxygens (including phenoxy) is 1. The third kappa shape index (κ3) is 2.99. The van der Waals surface area contributed by atoms with Gasteiger partial charge in [-0.1, -0.05) is 24.3 Å². The van der Waals surface area contributed by atoms with Gasteiger partial charge in [0.25, 0.3) is 5.56 Å². The second kappa shape index (κ2) is 6.02. The monoisotopic (exact) mass is 245 g/mol. The Balaban J connectivity index is 1.97. The number of aromatic nitrogens is 1. The lowest BCUT2D eigenvalue weighted by atomic mass is 10.2. The molecule has 4 nitrogen and oxygen atoms in total. The Labute approximate surface area is 105 Å². The number of hydrogen-bond donors (Lipinski definition) is 1. The summed E-state index contributed by atoms with van der Waals surface area (Å²) < 4.78 is 7.15. The van der Waals surface area contributed by atoms with Crippen LogP contribution >= 0.6 is 0 Å². The number of para-hydroxylation sites is 1. The molecule has 0 saturated carbocycles. The highest BCUT2D eigenvalue weighted by Crippen LogP contribution is 2.17. The molecule has 0 bridgehead atoms. The normalized spacial score (nSPS) is 10.3. The van der Waals surface area contributed by atoms with Crippen molar-refractivity contribution in [3.63, 3.8) is 0 Å². The highest BCUT2D eigenvalue weighted by molar-refractivity contribution is 5.32. The first-order valence-electron chi connectivity index (χ1n) is 5.78. The van der Waals surface area contributed by atoms with Crippen molar-refractivity contribution in [3.05, 3.63) is 64.6 Å². The summed E-state index contributed by atoms with van der Waals surface area (Å²) in [5, 5.41) is 9.14. The summed E-state index contributed by atoms with van der Waals surface area (Å²) in [6.45, 7) is 0.821. The van der Waals surface area contributed by atoms with Crippen molar-refractivity contribution in [1.82, 2.24) is 4.57 Å². The maximum absolute atomic E-state index is 11.5. The zero-order valence-electron chi connectivity index (χ0n) is 9.95. The van der Waals surface area contributed by atoms with E-state index in [1.54, 1.807) is 22.9 Å². The number of hydrogen-bond acceptors (Lipinski definition) is 3. The standard InChI is InChI=1S/C14H15NO3/c16-11-12-5-1-2-6-13(12)18-10-9-15-8-4-3-7-14(15)17/h1-8,16H,9-11H2. The second-order valence-electron chi connectivity index (χ2n) is 3.85. The summed E-state index contributed by atoms with van der Waals surface area (Å²) in [5.74, 6) is 0.656. The van der Waals surface area contributed by atoms with Crippen LogP contribution in [0.3, 0.4) is 0 Å². The lowest BCUT2D eigenvalue weighted by Crippen LogP contribution is -2.21. The Morgan fingerprint density at radius 2 is 1.89 bits per heavy atom. The smallest absolute Gasteiger partial charge is 0.250 e. The van der Waals surface area contributed by atoms with E-state index in [9.17, 15) is 4.79 Å². The molecule has 1 N–H and O–H groups in total. The van der Waals surface area contributed by atoms with Crippen LogP contribution in [-0.2, 0) is 13.2 Å². The third-order valence-electron chi connectivity index (χ3n) is 2.63. The molecule has 4 heteroatoms. The van der Waals surface area contributed by atoms with Crippen LogP contribution in [0, 0.1) is 0 Å². The van der Waals surface area contributed by atoms with Crippen LogP contribution in [0.4, 0.5) is 0 Å². The quantitative estimate of drug-likeness (QED) is 0.866. The Morgan fingerprint density at radius 1 is 1.11 bits per heavy atom. The maximum atomic E-state index is 11.5. The molecule has 0 aliphatic heterocycles. The molecular weight excluding hydrogens is 230 g/mol. The molecule has 0 fully saturated rings. The minimum atomic E-state index is -0.0541. The van der Waals surface area contributed by atoms with Gasteiger partial charge in [0.05, 0.1) is 13.2 Å². The average Bonchev–Trinajstić information content (AvgIpc) is 2.41. The molecule has 1 aromatic heterocycles. The van der Waals surface area contributed by atoms with E-state index in [1.807, 2.05) is 24.3 Å². The van der Waals surface area contributed by atoms with Gasteiger partial charge < -0.3 is 14.4 Å². The van der Waals surface area contributed by atoms with Gasteiger partial charge in [-0.2, -0.15) is 0 Å². The molecule has 0 saturated heterocycles. The second-order valence-corrected chi connectivity index (χ2v) is 3.85. The van der Waals surface area contributed by atoms with Gasteiger partial charge in [-0.15, -0.1) is 0 Å². The van der Waals surface area contributed by atoms with Gasteiger partial charge in [0.15, 0.2) is 0 Å². The van der Waals surface area contributed by atoms with Crippen molar-refractivity contribution in [1.29, 1.82) is 0 Å². The summed E-state index contributed by atoms with van der Waals surface area (Å²) in [5.41, 5.74) is 0.703. The lowest BCUT2D eigenvalue weighted by Gasteiger charge is -2.10. The molecule has 2 rings (SSSR count). The van der Waals surface area contributed by atoms with Gasteiger partial charge in [-0.25, -0.2) is 0 Å². The predicted octanol–water partition coefficient (Wildman–Crippen LogP) is 1.42. The predicted molar refractivity (Wildman–Crippen MR) is 68.6 cm³/mol. The van der Waals surface area contributed by atoms with Gasteiger partial charge >= 0.3 is 0 Å². The SMILES string of the molecule is O=c1ccccn1CCOc1ccccc1CO. The zero-order chi connectivity index (χ0) is 12.8. The minimum absolute atomic E-state index is 0.0449. The van der Waals surface area contributed by atoms with Crippen molar-refractivity contribution in [3.8, 4) is 5.75 Å². The van der Waals surface area contributed by atoms with E-state index in [0.717, 1.165) is 5.56 Å². The molecule has 0 atom stereocenters. The third-order valence-corrected chi connectivity index (χ3v) is 2.63. The van der Waals surface area contributed by atoms with Gasteiger partial charge in [0.2, 0.25) is 0 Å². The Hall–Kier alpha value is -2.07. The van der Waals surface area contributed by atoms with E-state index in [1.165, 1.54) is 6.07 Å². The molecule has 0 radical (unpaired) electrons. The van der Waals surface area contributed by atoms with Gasteiger partial charge in [-0.05, 0) is 12.1 Å². The first-order valence-corrected chi connectivity index (χ1v) is 5.78. The molecule has 94 valence electrons. The van der Waals surface area contributed by atoms with Crippen LogP contribution in [0.1, 0.15) is 5.56 Å². The van der Waals surface area contributed by atoms with E-state index in [0.29, 0.717) is 18.9 Å². The van der Waals surface area contributed by atoms with Crippen molar-refractivity contribution < 1.29 is 9.84 Å². The molecular formula is C14H15NO3. The largest absolute Gasteiger partial charge is 0.491 e. The summed E-state index contributed by atoms with van der Waals surface area (Å²) in [7, 11) is 0. The van der Waals surface area contributed by atoms with Gasteiger partial charge in [0, 0.05) is 17.8 Å². The highest BCUT2D eigenvalue weighted by atomic mass is 16.5. The molecule has 0 unspecified atom stereocenters. The number of aliphatic hydroxyl groups is 1. The Morgan fingerprint density at radius 3 is 2.67 bits per heavy atom. The van der Waals surface area contributed by atoms with Crippen molar-refractivity contribution in [2.24, 2.45) is 0 Å². The van der Waals surface area contributed by atoms with Crippen molar-refractivity contribution in [2.45, 2.75) is 13.2 Å². The molecule has 18 heavy (non-hydrogen) atoms. The van der Waals surface area contributed by atoms with E-state index >= 15 is 0 Å².